The number of anilines is 1. The summed E-state index contributed by atoms with van der Waals surface area (Å²) >= 11 is 1.04. The summed E-state index contributed by atoms with van der Waals surface area (Å²) in [6, 6.07) is 0. The first-order chi connectivity index (χ1) is 9.93. The molecule has 22 heavy (non-hydrogen) atoms. The van der Waals surface area contributed by atoms with Crippen LogP contribution in [0.4, 0.5) is 14.7 Å². The Bertz CT molecular complexity index is 514. The Labute approximate surface area is 133 Å². The van der Waals surface area contributed by atoms with Gasteiger partial charge in [0.15, 0.2) is 0 Å². The van der Waals surface area contributed by atoms with Crippen LogP contribution in [0.5, 0.6) is 0 Å². The van der Waals surface area contributed by atoms with Crippen LogP contribution in [0.25, 0.3) is 0 Å². The summed E-state index contributed by atoms with van der Waals surface area (Å²) in [5.74, 6) is 0. The van der Waals surface area contributed by atoms with Gasteiger partial charge in [-0.3, -0.25) is 0 Å². The fourth-order valence-corrected chi connectivity index (χ4v) is 2.11. The summed E-state index contributed by atoms with van der Waals surface area (Å²) in [7, 11) is 0. The van der Waals surface area contributed by atoms with Crippen LogP contribution in [0.15, 0.2) is 5.38 Å². The highest BCUT2D eigenvalue weighted by Gasteiger charge is 2.34. The molecule has 124 valence electrons. The second kappa shape index (κ2) is 6.62. The Balaban J connectivity index is 3.09. The minimum atomic E-state index is -0.874. The first kappa shape index (κ1) is 18.4. The zero-order valence-corrected chi connectivity index (χ0v) is 14.5. The molecule has 1 heterocycles. The second-order valence-electron chi connectivity index (χ2n) is 6.58. The van der Waals surface area contributed by atoms with Crippen molar-refractivity contribution in [3.05, 3.63) is 11.1 Å². The number of hydrogen-bond acceptors (Lipinski definition) is 7. The third-order valence-electron chi connectivity index (χ3n) is 2.05. The van der Waals surface area contributed by atoms with Crippen molar-refractivity contribution in [1.82, 2.24) is 4.98 Å². The number of aliphatic hydroxyl groups is 1. The molecule has 0 fully saturated rings. The second-order valence-corrected chi connectivity index (χ2v) is 7.41. The zero-order valence-electron chi connectivity index (χ0n) is 13.7. The van der Waals surface area contributed by atoms with Crippen LogP contribution >= 0.6 is 11.3 Å². The van der Waals surface area contributed by atoms with Crippen LogP contribution in [-0.4, -0.2) is 33.5 Å². The molecular formula is C14H22N2O5S. The number of hydrogen-bond donors (Lipinski definition) is 1. The smallest absolute Gasteiger partial charge is 0.426 e. The fraction of sp³-hybridized carbons (Fsp3) is 0.643. The summed E-state index contributed by atoms with van der Waals surface area (Å²) in [6.45, 7) is 9.88. The van der Waals surface area contributed by atoms with E-state index in [2.05, 4.69) is 4.98 Å². The highest BCUT2D eigenvalue weighted by atomic mass is 32.1. The molecule has 0 unspecified atom stereocenters. The number of imide groups is 1. The van der Waals surface area contributed by atoms with E-state index in [-0.39, 0.29) is 11.7 Å². The van der Waals surface area contributed by atoms with Crippen molar-refractivity contribution in [2.24, 2.45) is 0 Å². The van der Waals surface area contributed by atoms with Crippen molar-refractivity contribution >= 4 is 28.7 Å². The molecule has 1 aromatic heterocycles. The lowest BCUT2D eigenvalue weighted by atomic mass is 10.2. The first-order valence-electron chi connectivity index (χ1n) is 6.74. The molecule has 1 N–H and O–H groups in total. The zero-order chi connectivity index (χ0) is 17.1. The van der Waals surface area contributed by atoms with E-state index in [1.165, 1.54) is 0 Å². The van der Waals surface area contributed by atoms with Gasteiger partial charge in [0.1, 0.15) is 11.2 Å². The molecule has 7 nitrogen and oxygen atoms in total. The standard InChI is InChI=1S/C14H22N2O5S/c1-13(2,3)20-11(18)16(12(19)21-14(4,5)6)10-15-9(7-17)8-22-10/h8,17H,7H2,1-6H3. The van der Waals surface area contributed by atoms with Crippen molar-refractivity contribution in [3.8, 4) is 0 Å². The highest BCUT2D eigenvalue weighted by Crippen LogP contribution is 2.25. The molecular weight excluding hydrogens is 308 g/mol. The molecule has 0 aliphatic carbocycles. The number of ether oxygens (including phenoxy) is 2. The Morgan fingerprint density at radius 1 is 1.14 bits per heavy atom. The predicted molar refractivity (Wildman–Crippen MR) is 83.0 cm³/mol. The largest absolute Gasteiger partial charge is 0.443 e. The number of thiazole rings is 1. The lowest BCUT2D eigenvalue weighted by Gasteiger charge is -2.27. The van der Waals surface area contributed by atoms with Gasteiger partial charge in [-0.2, -0.15) is 4.90 Å². The number of aromatic nitrogens is 1. The summed E-state index contributed by atoms with van der Waals surface area (Å²) in [5.41, 5.74) is -1.18. The van der Waals surface area contributed by atoms with E-state index in [4.69, 9.17) is 14.6 Å². The van der Waals surface area contributed by atoms with E-state index < -0.39 is 23.4 Å². The molecule has 0 saturated heterocycles. The molecule has 8 heteroatoms. The number of nitrogens with zero attached hydrogens (tertiary/aromatic N) is 2. The molecule has 0 atom stereocenters. The number of carbonyl (C=O) groups is 2. The van der Waals surface area contributed by atoms with Crippen molar-refractivity contribution in [3.63, 3.8) is 0 Å². The van der Waals surface area contributed by atoms with E-state index >= 15 is 0 Å². The van der Waals surface area contributed by atoms with E-state index in [9.17, 15) is 9.59 Å². The van der Waals surface area contributed by atoms with E-state index in [0.717, 1.165) is 16.2 Å². The molecule has 0 aliphatic rings. The van der Waals surface area contributed by atoms with Gasteiger partial charge in [0.05, 0.1) is 12.3 Å². The Morgan fingerprint density at radius 3 is 1.91 bits per heavy atom. The molecule has 2 amide bonds. The first-order valence-corrected chi connectivity index (χ1v) is 7.62. The van der Waals surface area contributed by atoms with Gasteiger partial charge in [-0.15, -0.1) is 11.3 Å². The lowest BCUT2D eigenvalue weighted by molar-refractivity contribution is 0.0430. The van der Waals surface area contributed by atoms with Crippen LogP contribution in [0.3, 0.4) is 0 Å². The van der Waals surface area contributed by atoms with Crippen LogP contribution in [-0.2, 0) is 16.1 Å². The quantitative estimate of drug-likeness (QED) is 0.895. The van der Waals surface area contributed by atoms with Crippen LogP contribution in [0.2, 0.25) is 0 Å². The van der Waals surface area contributed by atoms with Crippen molar-refractivity contribution < 1.29 is 24.2 Å². The molecule has 0 bridgehead atoms. The monoisotopic (exact) mass is 330 g/mol. The maximum absolute atomic E-state index is 12.3. The summed E-state index contributed by atoms with van der Waals surface area (Å²) in [6.07, 6.45) is -1.75. The van der Waals surface area contributed by atoms with E-state index in [0.29, 0.717) is 5.69 Å². The van der Waals surface area contributed by atoms with Crippen LogP contribution in [0, 0.1) is 0 Å². The van der Waals surface area contributed by atoms with Gasteiger partial charge < -0.3 is 14.6 Å². The third kappa shape index (κ3) is 5.61. The summed E-state index contributed by atoms with van der Waals surface area (Å²) in [4.78, 5) is 29.3. The molecule has 0 spiro atoms. The van der Waals surface area contributed by atoms with Crippen LogP contribution in [0.1, 0.15) is 47.2 Å². The highest BCUT2D eigenvalue weighted by molar-refractivity contribution is 7.14. The average Bonchev–Trinajstić information content (AvgIpc) is 2.72. The van der Waals surface area contributed by atoms with Crippen molar-refractivity contribution in [1.29, 1.82) is 0 Å². The van der Waals surface area contributed by atoms with Gasteiger partial charge in [-0.25, -0.2) is 14.6 Å². The molecule has 1 rings (SSSR count). The minimum absolute atomic E-state index is 0.0903. The maximum atomic E-state index is 12.3. The molecule has 1 aromatic rings. The number of rotatable bonds is 2. The molecule has 0 aliphatic heterocycles. The Hall–Kier alpha value is -1.67. The summed E-state index contributed by atoms with van der Waals surface area (Å²) in [5, 5.41) is 10.7. The van der Waals surface area contributed by atoms with Crippen LogP contribution < -0.4 is 4.90 Å². The fourth-order valence-electron chi connectivity index (χ4n) is 1.32. The molecule has 0 radical (unpaired) electrons. The van der Waals surface area contributed by atoms with Gasteiger partial charge >= 0.3 is 12.2 Å². The van der Waals surface area contributed by atoms with Gasteiger partial charge in [0, 0.05) is 5.38 Å². The minimum Gasteiger partial charge on any atom is -0.443 e. The van der Waals surface area contributed by atoms with Gasteiger partial charge in [0.2, 0.25) is 5.13 Å². The SMILES string of the molecule is CC(C)(C)OC(=O)N(C(=O)OC(C)(C)C)c1nc(CO)cs1. The number of amides is 2. The number of aliphatic hydroxyl groups excluding tert-OH is 1. The third-order valence-corrected chi connectivity index (χ3v) is 2.92. The topological polar surface area (TPSA) is 89.0 Å². The average molecular weight is 330 g/mol. The van der Waals surface area contributed by atoms with Gasteiger partial charge in [-0.05, 0) is 41.5 Å². The Kier molecular flexibility index (Phi) is 5.53. The van der Waals surface area contributed by atoms with Gasteiger partial charge in [-0.1, -0.05) is 0 Å². The van der Waals surface area contributed by atoms with E-state index in [1.807, 2.05) is 0 Å². The Morgan fingerprint density at radius 2 is 1.59 bits per heavy atom. The predicted octanol–water partition coefficient (Wildman–Crippen LogP) is 3.31. The van der Waals surface area contributed by atoms with Gasteiger partial charge in [0.25, 0.3) is 0 Å². The molecule has 0 saturated carbocycles. The van der Waals surface area contributed by atoms with E-state index in [1.54, 1.807) is 46.9 Å². The maximum Gasteiger partial charge on any atom is 0.426 e. The normalized spacial score (nSPS) is 12.0. The number of carbonyl (C=O) groups excluding carboxylic acids is 2. The van der Waals surface area contributed by atoms with Crippen molar-refractivity contribution in [2.45, 2.75) is 59.4 Å². The lowest BCUT2D eigenvalue weighted by Crippen LogP contribution is -2.43. The molecule has 0 aromatic carbocycles. The summed E-state index contributed by atoms with van der Waals surface area (Å²) < 4.78 is 10.4. The van der Waals surface area contributed by atoms with Crippen molar-refractivity contribution in [2.75, 3.05) is 4.90 Å².